The highest BCUT2D eigenvalue weighted by Crippen LogP contribution is 2.00. The van der Waals surface area contributed by atoms with Crippen LogP contribution in [0.2, 0.25) is 0 Å². The van der Waals surface area contributed by atoms with E-state index >= 15 is 0 Å². The molecule has 0 aromatic carbocycles. The summed E-state index contributed by atoms with van der Waals surface area (Å²) in [5, 5.41) is 8.61. The van der Waals surface area contributed by atoms with E-state index < -0.39 is 0 Å². The summed E-state index contributed by atoms with van der Waals surface area (Å²) in [4.78, 5) is 3.85. The van der Waals surface area contributed by atoms with Gasteiger partial charge < -0.3 is 5.73 Å². The molecular formula is C9H7N3. The second kappa shape index (κ2) is 4.12. The Labute approximate surface area is 70.8 Å². The Balaban J connectivity index is 3.07. The van der Waals surface area contributed by atoms with Gasteiger partial charge in [0.1, 0.15) is 6.07 Å². The standard InChI is InChI=1S/C9H7N3/c10-5-1-3-8-4-2-6-12-9(8)7-11/h2,4,6H,5,10H2. The van der Waals surface area contributed by atoms with Crippen LogP contribution in [0.5, 0.6) is 0 Å². The Hall–Kier alpha value is -1.84. The average Bonchev–Trinajstić information content (AvgIpc) is 2.15. The summed E-state index contributed by atoms with van der Waals surface area (Å²) in [7, 11) is 0. The summed E-state index contributed by atoms with van der Waals surface area (Å²) in [5.41, 5.74) is 6.17. The molecule has 3 heteroatoms. The maximum atomic E-state index is 8.61. The third-order valence-corrected chi connectivity index (χ3v) is 1.24. The third kappa shape index (κ3) is 1.82. The molecule has 12 heavy (non-hydrogen) atoms. The van der Waals surface area contributed by atoms with Crippen molar-refractivity contribution in [3.05, 3.63) is 29.6 Å². The largest absolute Gasteiger partial charge is 0.320 e. The lowest BCUT2D eigenvalue weighted by molar-refractivity contribution is 1.25. The molecule has 0 fully saturated rings. The number of rotatable bonds is 0. The fraction of sp³-hybridized carbons (Fsp3) is 0.111. The van der Waals surface area contributed by atoms with Crippen molar-refractivity contribution in [2.24, 2.45) is 5.73 Å². The van der Waals surface area contributed by atoms with E-state index in [0.29, 0.717) is 17.8 Å². The topological polar surface area (TPSA) is 62.7 Å². The maximum absolute atomic E-state index is 8.61. The quantitative estimate of drug-likeness (QED) is 0.549. The summed E-state index contributed by atoms with van der Waals surface area (Å²) in [6, 6.07) is 5.43. The molecular weight excluding hydrogens is 150 g/mol. The molecule has 0 saturated carbocycles. The van der Waals surface area contributed by atoms with Gasteiger partial charge in [0.05, 0.1) is 12.1 Å². The summed E-state index contributed by atoms with van der Waals surface area (Å²) < 4.78 is 0. The number of aromatic nitrogens is 1. The van der Waals surface area contributed by atoms with E-state index in [-0.39, 0.29) is 0 Å². The third-order valence-electron chi connectivity index (χ3n) is 1.24. The first-order valence-corrected chi connectivity index (χ1v) is 3.42. The SMILES string of the molecule is N#Cc1ncccc1C#CCN. The molecule has 2 N–H and O–H groups in total. The molecule has 0 unspecified atom stereocenters. The molecule has 0 saturated heterocycles. The number of hydrogen-bond donors (Lipinski definition) is 1. The predicted molar refractivity (Wildman–Crippen MR) is 44.9 cm³/mol. The van der Waals surface area contributed by atoms with Gasteiger partial charge in [-0.05, 0) is 12.1 Å². The lowest BCUT2D eigenvalue weighted by atomic mass is 10.2. The Morgan fingerprint density at radius 3 is 3.08 bits per heavy atom. The van der Waals surface area contributed by atoms with Crippen LogP contribution in [0.25, 0.3) is 0 Å². The van der Waals surface area contributed by atoms with Crippen LogP contribution in [0.4, 0.5) is 0 Å². The summed E-state index contributed by atoms with van der Waals surface area (Å²) in [5.74, 6) is 5.43. The minimum atomic E-state index is 0.291. The van der Waals surface area contributed by atoms with Gasteiger partial charge in [0.25, 0.3) is 0 Å². The fourth-order valence-electron chi connectivity index (χ4n) is 0.742. The lowest BCUT2D eigenvalue weighted by Gasteiger charge is -1.90. The van der Waals surface area contributed by atoms with Crippen LogP contribution >= 0.6 is 0 Å². The fourth-order valence-corrected chi connectivity index (χ4v) is 0.742. The Bertz CT molecular complexity index is 365. The average molecular weight is 157 g/mol. The summed E-state index contributed by atoms with van der Waals surface area (Å²) in [6.07, 6.45) is 1.56. The van der Waals surface area contributed by atoms with Crippen molar-refractivity contribution in [1.82, 2.24) is 4.98 Å². The van der Waals surface area contributed by atoms with Gasteiger partial charge in [-0.3, -0.25) is 0 Å². The van der Waals surface area contributed by atoms with E-state index in [1.807, 2.05) is 6.07 Å². The van der Waals surface area contributed by atoms with E-state index in [9.17, 15) is 0 Å². The first-order valence-electron chi connectivity index (χ1n) is 3.42. The molecule has 0 aliphatic heterocycles. The van der Waals surface area contributed by atoms with Gasteiger partial charge in [-0.25, -0.2) is 4.98 Å². The van der Waals surface area contributed by atoms with E-state index in [0.717, 1.165) is 0 Å². The highest BCUT2D eigenvalue weighted by molar-refractivity contribution is 5.43. The Morgan fingerprint density at radius 2 is 2.42 bits per heavy atom. The summed E-state index contributed by atoms with van der Waals surface area (Å²) >= 11 is 0. The van der Waals surface area contributed by atoms with Crippen molar-refractivity contribution in [3.8, 4) is 17.9 Å². The summed E-state index contributed by atoms with van der Waals surface area (Å²) in [6.45, 7) is 0.291. The maximum Gasteiger partial charge on any atom is 0.156 e. The van der Waals surface area contributed by atoms with Gasteiger partial charge in [-0.1, -0.05) is 11.8 Å². The van der Waals surface area contributed by atoms with Gasteiger partial charge in [0.2, 0.25) is 0 Å². The Morgan fingerprint density at radius 1 is 1.58 bits per heavy atom. The van der Waals surface area contributed by atoms with E-state index in [2.05, 4.69) is 16.8 Å². The minimum absolute atomic E-state index is 0.291. The van der Waals surface area contributed by atoms with Crippen molar-refractivity contribution >= 4 is 0 Å². The van der Waals surface area contributed by atoms with Gasteiger partial charge in [0, 0.05) is 6.20 Å². The zero-order chi connectivity index (χ0) is 8.81. The van der Waals surface area contributed by atoms with Gasteiger partial charge in [-0.2, -0.15) is 5.26 Å². The van der Waals surface area contributed by atoms with Crippen LogP contribution in [0.15, 0.2) is 18.3 Å². The molecule has 0 aliphatic rings. The Kier molecular flexibility index (Phi) is 2.84. The van der Waals surface area contributed by atoms with Crippen molar-refractivity contribution in [3.63, 3.8) is 0 Å². The molecule has 1 aromatic heterocycles. The highest BCUT2D eigenvalue weighted by atomic mass is 14.7. The van der Waals surface area contributed by atoms with E-state index in [4.69, 9.17) is 11.0 Å². The number of nitrogens with zero attached hydrogens (tertiary/aromatic N) is 2. The van der Waals surface area contributed by atoms with Crippen LogP contribution < -0.4 is 5.73 Å². The molecule has 0 bridgehead atoms. The van der Waals surface area contributed by atoms with Gasteiger partial charge in [-0.15, -0.1) is 0 Å². The number of pyridine rings is 1. The first-order chi connectivity index (χ1) is 5.88. The lowest BCUT2D eigenvalue weighted by Crippen LogP contribution is -1.94. The monoisotopic (exact) mass is 157 g/mol. The van der Waals surface area contributed by atoms with Crippen LogP contribution in [0, 0.1) is 23.2 Å². The minimum Gasteiger partial charge on any atom is -0.320 e. The zero-order valence-electron chi connectivity index (χ0n) is 6.41. The molecule has 58 valence electrons. The van der Waals surface area contributed by atoms with E-state index in [1.165, 1.54) is 0 Å². The second-order valence-electron chi connectivity index (χ2n) is 2.02. The van der Waals surface area contributed by atoms with E-state index in [1.54, 1.807) is 18.3 Å². The zero-order valence-corrected chi connectivity index (χ0v) is 6.41. The normalized spacial score (nSPS) is 8.00. The first kappa shape index (κ1) is 8.26. The molecule has 3 nitrogen and oxygen atoms in total. The molecule has 0 amide bonds. The molecule has 0 atom stereocenters. The predicted octanol–water partition coefficient (Wildman–Crippen LogP) is 0.263. The van der Waals surface area contributed by atoms with Gasteiger partial charge >= 0.3 is 0 Å². The number of nitriles is 1. The smallest absolute Gasteiger partial charge is 0.156 e. The molecule has 1 heterocycles. The van der Waals surface area contributed by atoms with Gasteiger partial charge in [0.15, 0.2) is 5.69 Å². The highest BCUT2D eigenvalue weighted by Gasteiger charge is 1.96. The van der Waals surface area contributed by atoms with Crippen LogP contribution in [-0.4, -0.2) is 11.5 Å². The molecule has 1 aromatic rings. The van der Waals surface area contributed by atoms with Crippen LogP contribution in [0.1, 0.15) is 11.3 Å². The van der Waals surface area contributed by atoms with Crippen LogP contribution in [0.3, 0.4) is 0 Å². The molecule has 0 spiro atoms. The number of nitrogens with two attached hydrogens (primary N) is 1. The number of hydrogen-bond acceptors (Lipinski definition) is 3. The van der Waals surface area contributed by atoms with Crippen molar-refractivity contribution in [2.45, 2.75) is 0 Å². The van der Waals surface area contributed by atoms with Crippen LogP contribution in [-0.2, 0) is 0 Å². The van der Waals surface area contributed by atoms with Crippen molar-refractivity contribution in [1.29, 1.82) is 5.26 Å². The van der Waals surface area contributed by atoms with Crippen molar-refractivity contribution in [2.75, 3.05) is 6.54 Å². The molecule has 0 aliphatic carbocycles. The van der Waals surface area contributed by atoms with Crippen molar-refractivity contribution < 1.29 is 0 Å². The molecule has 1 rings (SSSR count). The molecule has 0 radical (unpaired) electrons. The second-order valence-corrected chi connectivity index (χ2v) is 2.02.